The molecular weight excluding hydrogens is 452 g/mol. The highest BCUT2D eigenvalue weighted by Crippen LogP contribution is 2.45. The molecule has 1 amide bonds. The van der Waals surface area contributed by atoms with Crippen molar-refractivity contribution >= 4 is 27.3 Å². The van der Waals surface area contributed by atoms with Crippen molar-refractivity contribution in [1.29, 1.82) is 0 Å². The molecule has 0 saturated heterocycles. The molecule has 172 valence electrons. The molecule has 0 bridgehead atoms. The molecule has 9 heteroatoms. The normalized spacial score (nSPS) is 14.4. The van der Waals surface area contributed by atoms with Gasteiger partial charge in [0.2, 0.25) is 17.7 Å². The number of carbonyl (C=O) groups excluding carboxylic acids is 1. The average molecular weight is 475 g/mol. The van der Waals surface area contributed by atoms with Crippen molar-refractivity contribution in [3.8, 4) is 22.9 Å². The van der Waals surface area contributed by atoms with Crippen LogP contribution in [0, 0.1) is 5.41 Å². The lowest BCUT2D eigenvalue weighted by molar-refractivity contribution is -0.120. The first-order valence-electron chi connectivity index (χ1n) is 10.8. The van der Waals surface area contributed by atoms with E-state index >= 15 is 0 Å². The molecule has 1 aromatic heterocycles. The number of hydrogen-bond acceptors (Lipinski definition) is 6. The molecule has 34 heavy (non-hydrogen) atoms. The zero-order valence-corrected chi connectivity index (χ0v) is 19.2. The van der Waals surface area contributed by atoms with Crippen LogP contribution >= 0.6 is 0 Å². The van der Waals surface area contributed by atoms with E-state index in [2.05, 4.69) is 20.2 Å². The second-order valence-corrected chi connectivity index (χ2v) is 10.2. The molecule has 1 saturated carbocycles. The maximum Gasteiger partial charge on any atom is 0.261 e. The summed E-state index contributed by atoms with van der Waals surface area (Å²) in [6.45, 7) is 1.93. The molecule has 1 heterocycles. The van der Waals surface area contributed by atoms with Crippen LogP contribution in [0.15, 0.2) is 88.2 Å². The predicted molar refractivity (Wildman–Crippen MR) is 128 cm³/mol. The van der Waals surface area contributed by atoms with Crippen LogP contribution in [0.2, 0.25) is 0 Å². The van der Waals surface area contributed by atoms with Crippen LogP contribution in [0.5, 0.6) is 0 Å². The van der Waals surface area contributed by atoms with Crippen molar-refractivity contribution in [2.24, 2.45) is 5.41 Å². The lowest BCUT2D eigenvalue weighted by atomic mass is 10.1. The summed E-state index contributed by atoms with van der Waals surface area (Å²) in [5.74, 6) is 0.673. The van der Waals surface area contributed by atoms with Crippen molar-refractivity contribution < 1.29 is 17.6 Å². The summed E-state index contributed by atoms with van der Waals surface area (Å²) in [6, 6.07) is 22.2. The highest BCUT2D eigenvalue weighted by atomic mass is 32.2. The van der Waals surface area contributed by atoms with Crippen LogP contribution in [-0.4, -0.2) is 24.5 Å². The van der Waals surface area contributed by atoms with E-state index in [0.717, 1.165) is 18.4 Å². The average Bonchev–Trinajstić information content (AvgIpc) is 3.41. The summed E-state index contributed by atoms with van der Waals surface area (Å²) in [7, 11) is -3.80. The number of nitrogens with zero attached hydrogens (tertiary/aromatic N) is 2. The molecule has 0 atom stereocenters. The van der Waals surface area contributed by atoms with Gasteiger partial charge in [0.1, 0.15) is 0 Å². The Bertz CT molecular complexity index is 1430. The molecule has 3 aromatic carbocycles. The monoisotopic (exact) mass is 474 g/mol. The summed E-state index contributed by atoms with van der Waals surface area (Å²) in [4.78, 5) is 12.3. The lowest BCUT2D eigenvalue weighted by Gasteiger charge is -2.12. The molecule has 0 spiro atoms. The van der Waals surface area contributed by atoms with E-state index in [1.165, 1.54) is 12.1 Å². The van der Waals surface area contributed by atoms with E-state index in [1.807, 2.05) is 37.3 Å². The Morgan fingerprint density at radius 3 is 1.97 bits per heavy atom. The molecule has 1 fully saturated rings. The first-order chi connectivity index (χ1) is 16.3. The maximum absolute atomic E-state index is 12.8. The molecule has 0 radical (unpaired) electrons. The zero-order valence-electron chi connectivity index (χ0n) is 18.4. The highest BCUT2D eigenvalue weighted by molar-refractivity contribution is 7.92. The molecule has 5 rings (SSSR count). The minimum Gasteiger partial charge on any atom is -0.416 e. The van der Waals surface area contributed by atoms with Gasteiger partial charge in [-0.1, -0.05) is 25.1 Å². The maximum atomic E-state index is 12.8. The number of nitrogens with one attached hydrogen (secondary N) is 2. The third-order valence-electron chi connectivity index (χ3n) is 5.80. The number of aromatic nitrogens is 2. The molecule has 1 aliphatic rings. The number of rotatable bonds is 7. The number of benzene rings is 3. The van der Waals surface area contributed by atoms with Crippen LogP contribution < -0.4 is 10.0 Å². The van der Waals surface area contributed by atoms with E-state index in [4.69, 9.17) is 4.42 Å². The van der Waals surface area contributed by atoms with E-state index < -0.39 is 10.0 Å². The van der Waals surface area contributed by atoms with E-state index in [-0.39, 0.29) is 16.2 Å². The number of carbonyl (C=O) groups is 1. The van der Waals surface area contributed by atoms with Gasteiger partial charge in [0.15, 0.2) is 0 Å². The van der Waals surface area contributed by atoms with Crippen molar-refractivity contribution in [2.45, 2.75) is 24.7 Å². The zero-order chi connectivity index (χ0) is 23.8. The van der Waals surface area contributed by atoms with Crippen molar-refractivity contribution in [3.05, 3.63) is 78.9 Å². The topological polar surface area (TPSA) is 114 Å². The number of amides is 1. The van der Waals surface area contributed by atoms with Gasteiger partial charge in [0, 0.05) is 27.9 Å². The van der Waals surface area contributed by atoms with E-state index in [9.17, 15) is 13.2 Å². The van der Waals surface area contributed by atoms with Crippen molar-refractivity contribution in [3.63, 3.8) is 0 Å². The van der Waals surface area contributed by atoms with Crippen LogP contribution in [0.3, 0.4) is 0 Å². The predicted octanol–water partition coefficient (Wildman–Crippen LogP) is 4.94. The van der Waals surface area contributed by atoms with Gasteiger partial charge in [-0.15, -0.1) is 10.2 Å². The number of sulfonamides is 1. The third-order valence-corrected chi connectivity index (χ3v) is 7.20. The minimum absolute atomic E-state index is 0.0157. The summed E-state index contributed by atoms with van der Waals surface area (Å²) < 4.78 is 33.9. The van der Waals surface area contributed by atoms with Gasteiger partial charge in [0.25, 0.3) is 10.0 Å². The lowest BCUT2D eigenvalue weighted by Crippen LogP contribution is -2.21. The Hall–Kier alpha value is -3.98. The smallest absolute Gasteiger partial charge is 0.261 e. The fourth-order valence-electron chi connectivity index (χ4n) is 3.35. The van der Waals surface area contributed by atoms with Gasteiger partial charge in [-0.25, -0.2) is 8.42 Å². The van der Waals surface area contributed by atoms with Crippen LogP contribution in [0.1, 0.15) is 19.8 Å². The Labute approximate surface area is 197 Å². The molecule has 0 aliphatic heterocycles. The fraction of sp³-hybridized carbons (Fsp3) is 0.160. The Morgan fingerprint density at radius 2 is 1.38 bits per heavy atom. The highest BCUT2D eigenvalue weighted by Gasteiger charge is 2.44. The third kappa shape index (κ3) is 4.55. The van der Waals surface area contributed by atoms with Gasteiger partial charge in [0.05, 0.1) is 4.90 Å². The minimum atomic E-state index is -3.80. The van der Waals surface area contributed by atoms with E-state index in [0.29, 0.717) is 28.7 Å². The van der Waals surface area contributed by atoms with Crippen molar-refractivity contribution in [2.75, 3.05) is 10.0 Å². The van der Waals surface area contributed by atoms with Gasteiger partial charge in [-0.05, 0) is 73.5 Å². The summed E-state index contributed by atoms with van der Waals surface area (Å²) in [6.07, 6.45) is 1.77. The van der Waals surface area contributed by atoms with Gasteiger partial charge in [-0.3, -0.25) is 9.52 Å². The fourth-order valence-corrected chi connectivity index (χ4v) is 4.40. The molecule has 0 unspecified atom stereocenters. The summed E-state index contributed by atoms with van der Waals surface area (Å²) in [5, 5.41) is 11.0. The SMILES string of the molecule is CC1(C(=O)Nc2ccc(NS(=O)(=O)c3ccc(-c4nnc(-c5ccccc5)o4)cc3)cc2)CC1. The number of hydrogen-bond donors (Lipinski definition) is 2. The summed E-state index contributed by atoms with van der Waals surface area (Å²) >= 11 is 0. The summed E-state index contributed by atoms with van der Waals surface area (Å²) in [5.41, 5.74) is 2.15. The number of anilines is 2. The van der Waals surface area contributed by atoms with Gasteiger partial charge < -0.3 is 9.73 Å². The second kappa shape index (κ2) is 8.42. The van der Waals surface area contributed by atoms with Crippen LogP contribution in [-0.2, 0) is 14.8 Å². The van der Waals surface area contributed by atoms with Crippen LogP contribution in [0.4, 0.5) is 11.4 Å². The van der Waals surface area contributed by atoms with Gasteiger partial charge >= 0.3 is 0 Å². The Balaban J connectivity index is 1.26. The van der Waals surface area contributed by atoms with Crippen LogP contribution in [0.25, 0.3) is 22.9 Å². The molecule has 2 N–H and O–H groups in total. The molecule has 4 aromatic rings. The largest absolute Gasteiger partial charge is 0.416 e. The Kier molecular flexibility index (Phi) is 5.41. The first-order valence-corrected chi connectivity index (χ1v) is 12.2. The quantitative estimate of drug-likeness (QED) is 0.392. The molecule has 8 nitrogen and oxygen atoms in total. The first kappa shape index (κ1) is 21.8. The Morgan fingerprint density at radius 1 is 0.824 bits per heavy atom. The molecular formula is C25H22N4O4S. The van der Waals surface area contributed by atoms with Gasteiger partial charge in [-0.2, -0.15) is 0 Å². The van der Waals surface area contributed by atoms with E-state index in [1.54, 1.807) is 36.4 Å². The van der Waals surface area contributed by atoms with Crippen molar-refractivity contribution in [1.82, 2.24) is 10.2 Å². The second-order valence-electron chi connectivity index (χ2n) is 8.50. The molecule has 1 aliphatic carbocycles. The standard InChI is InChI=1S/C25H22N4O4S/c1-25(15-16-25)24(30)26-19-9-11-20(12-10-19)29-34(31,32)21-13-7-18(8-14-21)23-28-27-22(33-23)17-5-3-2-4-6-17/h2-14,29H,15-16H2,1H3,(H,26,30).